The van der Waals surface area contributed by atoms with Gasteiger partial charge in [-0.15, -0.1) is 0 Å². The van der Waals surface area contributed by atoms with Gasteiger partial charge in [-0.05, 0) is 56.4 Å². The van der Waals surface area contributed by atoms with Crippen LogP contribution in [0.25, 0.3) is 0 Å². The van der Waals surface area contributed by atoms with E-state index in [-0.39, 0.29) is 24.7 Å². The van der Waals surface area contributed by atoms with Crippen molar-refractivity contribution in [2.45, 2.75) is 67.4 Å². The van der Waals surface area contributed by atoms with Gasteiger partial charge in [0.25, 0.3) is 0 Å². The van der Waals surface area contributed by atoms with Crippen LogP contribution in [0.5, 0.6) is 0 Å². The fourth-order valence-electron chi connectivity index (χ4n) is 5.68. The maximum absolute atomic E-state index is 14.8. The average Bonchev–Trinajstić information content (AvgIpc) is 3.65. The molecule has 4 fully saturated rings. The number of likely N-dealkylation sites (tertiary alicyclic amines) is 1. The number of halogens is 1. The molecule has 1 N–H and O–H groups in total. The number of fused-ring (bicyclic) bond motifs is 3. The third kappa shape index (κ3) is 2.92. The fraction of sp³-hybridized carbons (Fsp3) is 0.636. The lowest BCUT2D eigenvalue weighted by Gasteiger charge is -2.46. The number of hydrogen-bond acceptors (Lipinski definition) is 5. The molecule has 2 aliphatic carbocycles. The van der Waals surface area contributed by atoms with E-state index in [1.807, 2.05) is 12.1 Å². The molecule has 6 atom stereocenters. The van der Waals surface area contributed by atoms with Crippen molar-refractivity contribution < 1.29 is 23.6 Å². The highest BCUT2D eigenvalue weighted by molar-refractivity contribution is 8.01. The summed E-state index contributed by atoms with van der Waals surface area (Å²) < 4.78 is 29.2. The van der Waals surface area contributed by atoms with Crippen LogP contribution in [-0.2, 0) is 19.2 Å². The maximum atomic E-state index is 14.8. The van der Waals surface area contributed by atoms with E-state index in [4.69, 9.17) is 21.1 Å². The number of hydrogen-bond donors (Lipinski definition) is 1. The van der Waals surface area contributed by atoms with Gasteiger partial charge in [0.1, 0.15) is 0 Å². The predicted molar refractivity (Wildman–Crippen MR) is 116 cm³/mol. The van der Waals surface area contributed by atoms with Crippen LogP contribution in [0.4, 0.5) is 4.79 Å². The van der Waals surface area contributed by atoms with Gasteiger partial charge in [0, 0.05) is 29.4 Å². The summed E-state index contributed by atoms with van der Waals surface area (Å²) in [6.07, 6.45) is 2.28. The number of amides is 1. The number of nitrogens with zero attached hydrogens (tertiary/aromatic N) is 2. The predicted octanol–water partition coefficient (Wildman–Crippen LogP) is 2.30. The molecule has 5 aliphatic rings. The Morgan fingerprint density at radius 2 is 2.03 bits per heavy atom. The molecule has 0 spiro atoms. The van der Waals surface area contributed by atoms with E-state index >= 15 is 0 Å². The monoisotopic (exact) mass is 466 g/mol. The standard InChI is InChI=1S/C22H27ClN2O5S/c1-13-20(14-2-3-14)25-18(12-29-13)22(30-21(27)24-9-8-16(26)11-24)10-19(22)31(25,28)17-6-4-15(23)5-7-17/h4-7,13-14,16,18,20,26H,2-3,8-12H2,1H3/t13-,16+,18-,20+,22?,31?/m1/s1. The van der Waals surface area contributed by atoms with E-state index in [2.05, 4.69) is 11.2 Å². The number of carbonyl (C=O) groups excluding carboxylic acids is 1. The van der Waals surface area contributed by atoms with Crippen molar-refractivity contribution in [1.82, 2.24) is 9.21 Å². The summed E-state index contributed by atoms with van der Waals surface area (Å²) in [5, 5.41) is 10.4. The molecule has 9 heteroatoms. The zero-order valence-electron chi connectivity index (χ0n) is 17.4. The Kier molecular flexibility index (Phi) is 4.48. The molecule has 2 saturated carbocycles. The minimum atomic E-state index is -2.71. The molecule has 0 aromatic heterocycles. The first-order valence-corrected chi connectivity index (χ1v) is 13.0. The summed E-state index contributed by atoms with van der Waals surface area (Å²) in [7, 11) is -2.71. The van der Waals surface area contributed by atoms with Crippen molar-refractivity contribution in [2.24, 2.45) is 5.92 Å². The molecular formula is C22H27ClN2O5S. The second-order valence-corrected chi connectivity index (χ2v) is 12.3. The molecule has 2 unspecified atom stereocenters. The van der Waals surface area contributed by atoms with Gasteiger partial charge in [0.2, 0.25) is 0 Å². The molecule has 31 heavy (non-hydrogen) atoms. The Morgan fingerprint density at radius 1 is 1.29 bits per heavy atom. The van der Waals surface area contributed by atoms with Crippen molar-refractivity contribution in [3.8, 4) is 0 Å². The normalized spacial score (nSPS) is 41.8. The molecule has 3 aliphatic heterocycles. The highest BCUT2D eigenvalue weighted by Crippen LogP contribution is 2.57. The van der Waals surface area contributed by atoms with Crippen LogP contribution in [0.1, 0.15) is 32.6 Å². The lowest BCUT2D eigenvalue weighted by molar-refractivity contribution is -0.0987. The molecule has 6 rings (SSSR count). The van der Waals surface area contributed by atoms with Gasteiger partial charge in [-0.3, -0.25) is 0 Å². The summed E-state index contributed by atoms with van der Waals surface area (Å²) in [5.74, 6) is 0.450. The summed E-state index contributed by atoms with van der Waals surface area (Å²) in [4.78, 5) is 16.0. The first-order chi connectivity index (χ1) is 14.8. The lowest BCUT2D eigenvalue weighted by Crippen LogP contribution is -2.61. The number of morpholine rings is 1. The highest BCUT2D eigenvalue weighted by atomic mass is 35.5. The molecule has 0 bridgehead atoms. The van der Waals surface area contributed by atoms with Crippen LogP contribution < -0.4 is 0 Å². The topological polar surface area (TPSA) is 79.3 Å². The van der Waals surface area contributed by atoms with Crippen LogP contribution in [0.15, 0.2) is 29.2 Å². The number of carbonyl (C=O) groups is 1. The molecule has 7 nitrogen and oxygen atoms in total. The average molecular weight is 467 g/mol. The smallest absolute Gasteiger partial charge is 0.410 e. The Bertz CT molecular complexity index is 1050. The Balaban J connectivity index is 1.43. The van der Waals surface area contributed by atoms with E-state index in [0.717, 1.165) is 22.6 Å². The van der Waals surface area contributed by atoms with Crippen molar-refractivity contribution in [3.05, 3.63) is 29.3 Å². The number of rotatable bonds is 3. The maximum Gasteiger partial charge on any atom is 0.410 e. The SMILES string of the molecule is C[C@H]1OC[C@H]2N([C@@H]1C1CC1)S(=O)(c1ccc(Cl)cc1)=C1CC12OC(=O)N1CC[C@H](O)C1. The van der Waals surface area contributed by atoms with Gasteiger partial charge in [-0.1, -0.05) is 11.6 Å². The molecular weight excluding hydrogens is 440 g/mol. The van der Waals surface area contributed by atoms with Gasteiger partial charge in [0.05, 0.1) is 45.5 Å². The second kappa shape index (κ2) is 6.84. The van der Waals surface area contributed by atoms with Crippen LogP contribution in [0.3, 0.4) is 0 Å². The van der Waals surface area contributed by atoms with Crippen LogP contribution in [0.2, 0.25) is 5.02 Å². The largest absolute Gasteiger partial charge is 0.435 e. The number of aliphatic hydroxyl groups excluding tert-OH is 1. The van der Waals surface area contributed by atoms with E-state index in [0.29, 0.717) is 36.9 Å². The van der Waals surface area contributed by atoms with Gasteiger partial charge in [0.15, 0.2) is 5.60 Å². The quantitative estimate of drug-likeness (QED) is 0.691. The van der Waals surface area contributed by atoms with Crippen LogP contribution in [-0.4, -0.2) is 79.1 Å². The van der Waals surface area contributed by atoms with Crippen LogP contribution >= 0.6 is 11.6 Å². The van der Waals surface area contributed by atoms with Gasteiger partial charge in [-0.25, -0.2) is 13.3 Å². The Morgan fingerprint density at radius 3 is 2.68 bits per heavy atom. The Hall–Kier alpha value is -1.32. The molecule has 1 aromatic carbocycles. The van der Waals surface area contributed by atoms with Crippen molar-refractivity contribution in [2.75, 3.05) is 19.7 Å². The minimum Gasteiger partial charge on any atom is -0.435 e. The van der Waals surface area contributed by atoms with E-state index in [1.165, 1.54) is 0 Å². The van der Waals surface area contributed by atoms with Crippen LogP contribution in [0, 0.1) is 5.92 Å². The highest BCUT2D eigenvalue weighted by Gasteiger charge is 2.73. The number of β-amino-alcohol motifs (C(OH)–C–C–N with tert-alkyl or cyclic N) is 1. The number of ether oxygens (including phenoxy) is 2. The molecule has 3 heterocycles. The summed E-state index contributed by atoms with van der Waals surface area (Å²) in [6, 6.07) is 7.00. The molecule has 168 valence electrons. The van der Waals surface area contributed by atoms with E-state index in [1.54, 1.807) is 17.0 Å². The van der Waals surface area contributed by atoms with Crippen molar-refractivity contribution >= 4 is 32.3 Å². The van der Waals surface area contributed by atoms with Crippen molar-refractivity contribution in [1.29, 1.82) is 0 Å². The lowest BCUT2D eigenvalue weighted by atomic mass is 10.00. The Labute approximate surface area is 187 Å². The minimum absolute atomic E-state index is 0.0311. The molecule has 1 amide bonds. The molecule has 1 aromatic rings. The first-order valence-electron chi connectivity index (χ1n) is 11.1. The molecule has 0 radical (unpaired) electrons. The van der Waals surface area contributed by atoms with E-state index in [9.17, 15) is 14.1 Å². The van der Waals surface area contributed by atoms with Gasteiger partial charge >= 0.3 is 6.09 Å². The zero-order chi connectivity index (χ0) is 21.5. The van der Waals surface area contributed by atoms with Gasteiger partial charge in [-0.2, -0.15) is 0 Å². The number of aliphatic hydroxyl groups is 1. The first kappa shape index (κ1) is 20.3. The zero-order valence-corrected chi connectivity index (χ0v) is 19.0. The number of benzene rings is 1. The summed E-state index contributed by atoms with van der Waals surface area (Å²) in [6.45, 7) is 3.20. The molecule has 2 saturated heterocycles. The van der Waals surface area contributed by atoms with Gasteiger partial charge < -0.3 is 19.5 Å². The summed E-state index contributed by atoms with van der Waals surface area (Å²) >= 11 is 6.11. The van der Waals surface area contributed by atoms with Crippen molar-refractivity contribution in [3.63, 3.8) is 0 Å². The van der Waals surface area contributed by atoms with E-state index < -0.39 is 27.5 Å². The fourth-order valence-corrected chi connectivity index (χ4v) is 9.42. The second-order valence-electron chi connectivity index (χ2n) is 9.47. The third-order valence-corrected chi connectivity index (χ3v) is 10.9. The summed E-state index contributed by atoms with van der Waals surface area (Å²) in [5.41, 5.74) is -0.880. The third-order valence-electron chi connectivity index (χ3n) is 7.47.